The van der Waals surface area contributed by atoms with Crippen molar-refractivity contribution < 1.29 is 4.79 Å². The molecule has 0 saturated carbocycles. The van der Waals surface area contributed by atoms with E-state index in [1.807, 2.05) is 29.2 Å². The van der Waals surface area contributed by atoms with E-state index in [-0.39, 0.29) is 11.9 Å². The summed E-state index contributed by atoms with van der Waals surface area (Å²) in [5.41, 5.74) is 0.705. The quantitative estimate of drug-likeness (QED) is 0.839. The standard InChI is InChI=1S/C16H20BrN3O/c1-2-5-13(12-18)19-8-10-20(11-9-19)16(21)14-6-3-4-7-15(14)17/h3-4,6-7,13H,2,5,8-11H2,1H3. The van der Waals surface area contributed by atoms with Gasteiger partial charge in [-0.05, 0) is 34.5 Å². The molecule has 1 amide bonds. The summed E-state index contributed by atoms with van der Waals surface area (Å²) in [6.07, 6.45) is 1.91. The summed E-state index contributed by atoms with van der Waals surface area (Å²) >= 11 is 3.43. The third kappa shape index (κ3) is 3.84. The van der Waals surface area contributed by atoms with Gasteiger partial charge in [-0.15, -0.1) is 0 Å². The normalized spacial score (nSPS) is 17.3. The molecule has 1 atom stereocenters. The molecular formula is C16H20BrN3O. The van der Waals surface area contributed by atoms with E-state index in [1.54, 1.807) is 0 Å². The van der Waals surface area contributed by atoms with E-state index in [1.165, 1.54) is 0 Å². The third-order valence-electron chi connectivity index (χ3n) is 3.86. The fraction of sp³-hybridized carbons (Fsp3) is 0.500. The molecule has 1 aliphatic heterocycles. The lowest BCUT2D eigenvalue weighted by Crippen LogP contribution is -2.51. The lowest BCUT2D eigenvalue weighted by atomic mass is 10.1. The molecule has 0 radical (unpaired) electrons. The summed E-state index contributed by atoms with van der Waals surface area (Å²) < 4.78 is 0.832. The fourth-order valence-electron chi connectivity index (χ4n) is 2.64. The van der Waals surface area contributed by atoms with E-state index < -0.39 is 0 Å². The molecule has 0 bridgehead atoms. The van der Waals surface area contributed by atoms with Gasteiger partial charge in [-0.25, -0.2) is 0 Å². The molecular weight excluding hydrogens is 330 g/mol. The Kier molecular flexibility index (Phi) is 5.77. The van der Waals surface area contributed by atoms with Crippen LogP contribution in [0.4, 0.5) is 0 Å². The zero-order valence-corrected chi connectivity index (χ0v) is 13.8. The minimum absolute atomic E-state index is 0.0179. The van der Waals surface area contributed by atoms with Crippen LogP contribution in [0.25, 0.3) is 0 Å². The number of piperazine rings is 1. The summed E-state index contributed by atoms with van der Waals surface area (Å²) in [5, 5.41) is 9.22. The monoisotopic (exact) mass is 349 g/mol. The van der Waals surface area contributed by atoms with Crippen LogP contribution in [0.2, 0.25) is 0 Å². The van der Waals surface area contributed by atoms with Gasteiger partial charge in [0.25, 0.3) is 5.91 Å². The number of hydrogen-bond donors (Lipinski definition) is 0. The highest BCUT2D eigenvalue weighted by Gasteiger charge is 2.26. The summed E-state index contributed by atoms with van der Waals surface area (Å²) in [4.78, 5) is 16.6. The zero-order chi connectivity index (χ0) is 15.2. The predicted octanol–water partition coefficient (Wildman–Crippen LogP) is 2.90. The van der Waals surface area contributed by atoms with Crippen molar-refractivity contribution in [2.24, 2.45) is 0 Å². The molecule has 0 spiro atoms. The number of halogens is 1. The van der Waals surface area contributed by atoms with Gasteiger partial charge in [0.2, 0.25) is 0 Å². The molecule has 4 nitrogen and oxygen atoms in total. The Hall–Kier alpha value is -1.38. The van der Waals surface area contributed by atoms with Crippen molar-refractivity contribution in [1.82, 2.24) is 9.80 Å². The SMILES string of the molecule is CCCC(C#N)N1CCN(C(=O)c2ccccc2Br)CC1. The zero-order valence-electron chi connectivity index (χ0n) is 12.3. The van der Waals surface area contributed by atoms with Crippen LogP contribution in [-0.4, -0.2) is 47.9 Å². The van der Waals surface area contributed by atoms with Crippen LogP contribution >= 0.6 is 15.9 Å². The van der Waals surface area contributed by atoms with E-state index in [0.717, 1.165) is 30.4 Å². The highest BCUT2D eigenvalue weighted by atomic mass is 79.9. The maximum Gasteiger partial charge on any atom is 0.255 e. The number of rotatable bonds is 4. The van der Waals surface area contributed by atoms with E-state index in [4.69, 9.17) is 0 Å². The maximum absolute atomic E-state index is 12.5. The van der Waals surface area contributed by atoms with Gasteiger partial charge in [-0.1, -0.05) is 25.5 Å². The topological polar surface area (TPSA) is 47.3 Å². The van der Waals surface area contributed by atoms with Crippen molar-refractivity contribution in [1.29, 1.82) is 5.26 Å². The molecule has 1 aromatic carbocycles. The average molecular weight is 350 g/mol. The minimum Gasteiger partial charge on any atom is -0.336 e. The predicted molar refractivity (Wildman–Crippen MR) is 85.9 cm³/mol. The van der Waals surface area contributed by atoms with Gasteiger partial charge in [0.1, 0.15) is 0 Å². The van der Waals surface area contributed by atoms with Gasteiger partial charge in [0.15, 0.2) is 0 Å². The maximum atomic E-state index is 12.5. The summed E-state index contributed by atoms with van der Waals surface area (Å²) in [6.45, 7) is 5.00. The van der Waals surface area contributed by atoms with Crippen molar-refractivity contribution in [3.63, 3.8) is 0 Å². The Morgan fingerprint density at radius 3 is 2.57 bits per heavy atom. The van der Waals surface area contributed by atoms with Crippen LogP contribution in [0.15, 0.2) is 28.7 Å². The Balaban J connectivity index is 1.97. The van der Waals surface area contributed by atoms with Crippen LogP contribution in [0.3, 0.4) is 0 Å². The molecule has 2 rings (SSSR count). The van der Waals surface area contributed by atoms with Crippen LogP contribution in [0.1, 0.15) is 30.1 Å². The number of benzene rings is 1. The Labute approximate surface area is 134 Å². The largest absolute Gasteiger partial charge is 0.336 e. The first-order valence-electron chi connectivity index (χ1n) is 7.34. The number of nitriles is 1. The summed E-state index contributed by atoms with van der Waals surface area (Å²) in [6, 6.07) is 9.86. The molecule has 0 N–H and O–H groups in total. The van der Waals surface area contributed by atoms with Crippen molar-refractivity contribution in [3.05, 3.63) is 34.3 Å². The van der Waals surface area contributed by atoms with Crippen LogP contribution in [-0.2, 0) is 0 Å². The first-order chi connectivity index (χ1) is 10.2. The molecule has 1 fully saturated rings. The van der Waals surface area contributed by atoms with E-state index >= 15 is 0 Å². The van der Waals surface area contributed by atoms with Gasteiger partial charge in [-0.2, -0.15) is 5.26 Å². The Bertz CT molecular complexity index is 533. The van der Waals surface area contributed by atoms with Crippen molar-refractivity contribution in [3.8, 4) is 6.07 Å². The molecule has 21 heavy (non-hydrogen) atoms. The first-order valence-corrected chi connectivity index (χ1v) is 8.14. The second-order valence-electron chi connectivity index (χ2n) is 5.24. The van der Waals surface area contributed by atoms with E-state index in [2.05, 4.69) is 33.8 Å². The molecule has 0 aromatic heterocycles. The fourth-order valence-corrected chi connectivity index (χ4v) is 3.10. The van der Waals surface area contributed by atoms with Crippen molar-refractivity contribution >= 4 is 21.8 Å². The van der Waals surface area contributed by atoms with Crippen molar-refractivity contribution in [2.45, 2.75) is 25.8 Å². The van der Waals surface area contributed by atoms with Crippen LogP contribution in [0.5, 0.6) is 0 Å². The van der Waals surface area contributed by atoms with Gasteiger partial charge < -0.3 is 4.90 Å². The van der Waals surface area contributed by atoms with Gasteiger partial charge in [-0.3, -0.25) is 9.69 Å². The van der Waals surface area contributed by atoms with E-state index in [9.17, 15) is 10.1 Å². The van der Waals surface area contributed by atoms with Crippen LogP contribution in [0, 0.1) is 11.3 Å². The highest BCUT2D eigenvalue weighted by Crippen LogP contribution is 2.19. The van der Waals surface area contributed by atoms with Gasteiger partial charge >= 0.3 is 0 Å². The third-order valence-corrected chi connectivity index (χ3v) is 4.55. The number of hydrogen-bond acceptors (Lipinski definition) is 3. The highest BCUT2D eigenvalue weighted by molar-refractivity contribution is 9.10. The molecule has 112 valence electrons. The minimum atomic E-state index is -0.0179. The summed E-state index contributed by atoms with van der Waals surface area (Å²) in [7, 11) is 0. The van der Waals surface area contributed by atoms with Crippen LogP contribution < -0.4 is 0 Å². The molecule has 5 heteroatoms. The molecule has 0 aliphatic carbocycles. The number of carbonyl (C=O) groups is 1. The lowest BCUT2D eigenvalue weighted by molar-refractivity contribution is 0.0600. The van der Waals surface area contributed by atoms with Gasteiger partial charge in [0.05, 0.1) is 17.7 Å². The second kappa shape index (κ2) is 7.58. The lowest BCUT2D eigenvalue weighted by Gasteiger charge is -2.37. The average Bonchev–Trinajstić information content (AvgIpc) is 2.52. The van der Waals surface area contributed by atoms with Crippen molar-refractivity contribution in [2.75, 3.05) is 26.2 Å². The summed E-state index contributed by atoms with van der Waals surface area (Å²) in [5.74, 6) is 0.0612. The smallest absolute Gasteiger partial charge is 0.255 e. The molecule has 1 heterocycles. The Morgan fingerprint density at radius 1 is 1.33 bits per heavy atom. The number of nitrogens with zero attached hydrogens (tertiary/aromatic N) is 3. The molecule has 1 aromatic rings. The number of carbonyl (C=O) groups excluding carboxylic acids is 1. The van der Waals surface area contributed by atoms with E-state index in [0.29, 0.717) is 18.7 Å². The molecule has 1 aliphatic rings. The molecule has 1 unspecified atom stereocenters. The van der Waals surface area contributed by atoms with Gasteiger partial charge in [0, 0.05) is 30.7 Å². The first kappa shape index (κ1) is 16.0. The number of amides is 1. The Morgan fingerprint density at radius 2 is 2.00 bits per heavy atom. The molecule has 1 saturated heterocycles. The second-order valence-corrected chi connectivity index (χ2v) is 6.10.